The first-order valence-electron chi connectivity index (χ1n) is 8.58. The molecular weight excluding hydrogens is 378 g/mol. The summed E-state index contributed by atoms with van der Waals surface area (Å²) in [7, 11) is 0. The molecule has 2 amide bonds. The lowest BCUT2D eigenvalue weighted by Crippen LogP contribution is -2.34. The topological polar surface area (TPSA) is 182 Å². The predicted octanol–water partition coefficient (Wildman–Crippen LogP) is -0.515. The van der Waals surface area contributed by atoms with Crippen LogP contribution in [0.1, 0.15) is 29.0 Å². The van der Waals surface area contributed by atoms with Crippen LogP contribution in [0.15, 0.2) is 46.2 Å². The third-order valence-corrected chi connectivity index (χ3v) is 4.23. The Morgan fingerprint density at radius 1 is 1.24 bits per heavy atom. The minimum absolute atomic E-state index is 0.0258. The number of hydrogen-bond donors (Lipinski definition) is 5. The number of nitrogens with one attached hydrogen (secondary N) is 3. The average molecular weight is 397 g/mol. The van der Waals surface area contributed by atoms with Gasteiger partial charge in [-0.1, -0.05) is 18.2 Å². The molecule has 2 heterocycles. The van der Waals surface area contributed by atoms with Gasteiger partial charge in [0.2, 0.25) is 5.91 Å². The van der Waals surface area contributed by atoms with E-state index in [2.05, 4.69) is 15.4 Å². The van der Waals surface area contributed by atoms with Crippen LogP contribution in [0.5, 0.6) is 0 Å². The van der Waals surface area contributed by atoms with Gasteiger partial charge in [-0.05, 0) is 24.1 Å². The van der Waals surface area contributed by atoms with Crippen LogP contribution >= 0.6 is 0 Å². The van der Waals surface area contributed by atoms with E-state index in [1.807, 2.05) is 29.2 Å². The minimum Gasteiger partial charge on any atom is -0.392 e. The van der Waals surface area contributed by atoms with Crippen LogP contribution in [-0.2, 0) is 11.3 Å². The molecule has 0 aliphatic carbocycles. The van der Waals surface area contributed by atoms with E-state index in [9.17, 15) is 19.2 Å². The van der Waals surface area contributed by atoms with Crippen molar-refractivity contribution in [2.45, 2.75) is 19.5 Å². The second-order valence-corrected chi connectivity index (χ2v) is 6.41. The molecular formula is C18H19N7O4. The Bertz CT molecular complexity index is 1190. The number of carbonyl (C=O) groups excluding carboxylic acids is 2. The van der Waals surface area contributed by atoms with Gasteiger partial charge in [0.25, 0.3) is 11.5 Å². The Labute approximate surface area is 163 Å². The molecule has 0 radical (unpaired) electrons. The number of nitrogen functional groups attached to an aromatic ring is 1. The third kappa shape index (κ3) is 4.40. The second kappa shape index (κ2) is 7.84. The SMILES string of the molecule is CC(NC(=O)c1[nH]c(=O)[nH]c(=O)c1N)c1cccc(-c2cnn(CC(N)=O)c2)c1. The third-order valence-electron chi connectivity index (χ3n) is 4.23. The number of rotatable bonds is 6. The van der Waals surface area contributed by atoms with E-state index in [-0.39, 0.29) is 17.9 Å². The van der Waals surface area contributed by atoms with Crippen molar-refractivity contribution in [1.29, 1.82) is 0 Å². The molecule has 11 heteroatoms. The number of aromatic nitrogens is 4. The van der Waals surface area contributed by atoms with Gasteiger partial charge in [0.15, 0.2) is 0 Å². The summed E-state index contributed by atoms with van der Waals surface area (Å²) in [5, 5.41) is 6.78. The molecule has 0 fully saturated rings. The molecule has 0 saturated heterocycles. The second-order valence-electron chi connectivity index (χ2n) is 6.41. The Morgan fingerprint density at radius 2 is 2.00 bits per heavy atom. The summed E-state index contributed by atoms with van der Waals surface area (Å²) in [6, 6.07) is 6.87. The highest BCUT2D eigenvalue weighted by Gasteiger charge is 2.17. The van der Waals surface area contributed by atoms with E-state index < -0.39 is 29.1 Å². The Morgan fingerprint density at radius 3 is 2.72 bits per heavy atom. The standard InChI is InChI=1S/C18H19N7O4/c1-9(22-17(28)15-14(20)16(27)24-18(29)23-15)10-3-2-4-11(5-10)12-6-21-25(7-12)8-13(19)26/h2-7,9H,8,20H2,1H3,(H2,19,26)(H,22,28)(H2,23,24,27,29). The molecule has 0 aliphatic rings. The van der Waals surface area contributed by atoms with Gasteiger partial charge in [0.1, 0.15) is 17.9 Å². The molecule has 150 valence electrons. The lowest BCUT2D eigenvalue weighted by atomic mass is 10.0. The van der Waals surface area contributed by atoms with Gasteiger partial charge in [-0.25, -0.2) is 4.79 Å². The molecule has 1 atom stereocenters. The van der Waals surface area contributed by atoms with Gasteiger partial charge in [-0.15, -0.1) is 0 Å². The van der Waals surface area contributed by atoms with Gasteiger partial charge < -0.3 is 21.8 Å². The number of amides is 2. The van der Waals surface area contributed by atoms with Crippen molar-refractivity contribution in [2.75, 3.05) is 5.73 Å². The van der Waals surface area contributed by atoms with Crippen molar-refractivity contribution in [3.05, 3.63) is 68.8 Å². The Balaban J connectivity index is 1.81. The van der Waals surface area contributed by atoms with Crippen LogP contribution in [0.3, 0.4) is 0 Å². The minimum atomic E-state index is -0.832. The number of hydrogen-bond acceptors (Lipinski definition) is 6. The first-order chi connectivity index (χ1) is 13.7. The van der Waals surface area contributed by atoms with Crippen LogP contribution in [0.25, 0.3) is 11.1 Å². The predicted molar refractivity (Wildman–Crippen MR) is 105 cm³/mol. The summed E-state index contributed by atoms with van der Waals surface area (Å²) < 4.78 is 1.43. The quantitative estimate of drug-likeness (QED) is 0.373. The van der Waals surface area contributed by atoms with Crippen molar-refractivity contribution in [3.63, 3.8) is 0 Å². The number of primary amides is 1. The first-order valence-corrected chi connectivity index (χ1v) is 8.58. The lowest BCUT2D eigenvalue weighted by Gasteiger charge is -2.15. The zero-order chi connectivity index (χ0) is 21.1. The zero-order valence-corrected chi connectivity index (χ0v) is 15.4. The number of nitrogens with two attached hydrogens (primary N) is 2. The molecule has 0 aliphatic heterocycles. The summed E-state index contributed by atoms with van der Waals surface area (Å²) in [6.07, 6.45) is 3.29. The maximum atomic E-state index is 12.4. The van der Waals surface area contributed by atoms with Crippen LogP contribution in [0.4, 0.5) is 5.69 Å². The van der Waals surface area contributed by atoms with Crippen molar-refractivity contribution in [3.8, 4) is 11.1 Å². The van der Waals surface area contributed by atoms with Crippen molar-refractivity contribution >= 4 is 17.5 Å². The number of anilines is 1. The average Bonchev–Trinajstić information content (AvgIpc) is 3.12. The van der Waals surface area contributed by atoms with Crippen molar-refractivity contribution < 1.29 is 9.59 Å². The fraction of sp³-hybridized carbons (Fsp3) is 0.167. The van der Waals surface area contributed by atoms with Crippen molar-refractivity contribution in [1.82, 2.24) is 25.1 Å². The smallest absolute Gasteiger partial charge is 0.326 e. The normalized spacial score (nSPS) is 11.8. The Kier molecular flexibility index (Phi) is 5.30. The van der Waals surface area contributed by atoms with E-state index in [0.29, 0.717) is 0 Å². The first kappa shape index (κ1) is 19.6. The molecule has 7 N–H and O–H groups in total. The highest BCUT2D eigenvalue weighted by molar-refractivity contribution is 5.97. The summed E-state index contributed by atoms with van der Waals surface area (Å²) in [4.78, 5) is 50.6. The molecule has 0 saturated carbocycles. The highest BCUT2D eigenvalue weighted by Crippen LogP contribution is 2.23. The van der Waals surface area contributed by atoms with Gasteiger partial charge in [-0.2, -0.15) is 5.10 Å². The summed E-state index contributed by atoms with van der Waals surface area (Å²) in [5.41, 5.74) is 10.8. The van der Waals surface area contributed by atoms with Crippen LogP contribution in [0.2, 0.25) is 0 Å². The molecule has 3 rings (SSSR count). The molecule has 1 aromatic carbocycles. The van der Waals surface area contributed by atoms with E-state index in [1.54, 1.807) is 19.3 Å². The monoisotopic (exact) mass is 397 g/mol. The van der Waals surface area contributed by atoms with Gasteiger partial charge in [0.05, 0.1) is 12.2 Å². The fourth-order valence-corrected chi connectivity index (χ4v) is 2.77. The highest BCUT2D eigenvalue weighted by atomic mass is 16.2. The number of nitrogens with zero attached hydrogens (tertiary/aromatic N) is 2. The van der Waals surface area contributed by atoms with E-state index in [0.717, 1.165) is 16.7 Å². The molecule has 0 spiro atoms. The maximum absolute atomic E-state index is 12.4. The molecule has 29 heavy (non-hydrogen) atoms. The molecule has 2 aromatic heterocycles. The van der Waals surface area contributed by atoms with Crippen LogP contribution < -0.4 is 28.0 Å². The van der Waals surface area contributed by atoms with Gasteiger partial charge >= 0.3 is 5.69 Å². The maximum Gasteiger partial charge on any atom is 0.326 e. The number of benzene rings is 1. The zero-order valence-electron chi connectivity index (χ0n) is 15.4. The van der Waals surface area contributed by atoms with Gasteiger partial charge in [-0.3, -0.25) is 24.0 Å². The number of carbonyl (C=O) groups is 2. The van der Waals surface area contributed by atoms with Crippen LogP contribution in [0, 0.1) is 0 Å². The molecule has 1 unspecified atom stereocenters. The van der Waals surface area contributed by atoms with E-state index >= 15 is 0 Å². The number of aromatic amines is 2. The largest absolute Gasteiger partial charge is 0.392 e. The lowest BCUT2D eigenvalue weighted by molar-refractivity contribution is -0.118. The van der Waals surface area contributed by atoms with E-state index in [1.165, 1.54) is 4.68 Å². The summed E-state index contributed by atoms with van der Waals surface area (Å²) in [6.45, 7) is 1.72. The van der Waals surface area contributed by atoms with Gasteiger partial charge in [0, 0.05) is 11.8 Å². The van der Waals surface area contributed by atoms with Crippen molar-refractivity contribution in [2.24, 2.45) is 5.73 Å². The molecule has 0 bridgehead atoms. The summed E-state index contributed by atoms with van der Waals surface area (Å²) >= 11 is 0. The molecule has 3 aromatic rings. The number of H-pyrrole nitrogens is 2. The molecule has 11 nitrogen and oxygen atoms in total. The Hall–Kier alpha value is -4.15. The fourth-order valence-electron chi connectivity index (χ4n) is 2.77. The van der Waals surface area contributed by atoms with Crippen LogP contribution in [-0.4, -0.2) is 31.6 Å². The van der Waals surface area contributed by atoms with E-state index in [4.69, 9.17) is 11.5 Å². The summed E-state index contributed by atoms with van der Waals surface area (Å²) in [5.74, 6) is -1.18.